The maximum atomic E-state index is 12.7. The minimum Gasteiger partial charge on any atom is -0.480 e. The van der Waals surface area contributed by atoms with Gasteiger partial charge < -0.3 is 10.4 Å². The van der Waals surface area contributed by atoms with Crippen molar-refractivity contribution in [3.05, 3.63) is 22.8 Å². The van der Waals surface area contributed by atoms with Crippen LogP contribution in [0.15, 0.2) is 12.3 Å². The summed E-state index contributed by atoms with van der Waals surface area (Å²) in [5.41, 5.74) is -0.975. The van der Waals surface area contributed by atoms with Gasteiger partial charge in [-0.15, -0.1) is 5.10 Å². The highest BCUT2D eigenvalue weighted by Crippen LogP contribution is 2.34. The van der Waals surface area contributed by atoms with E-state index in [4.69, 9.17) is 16.7 Å². The first-order chi connectivity index (χ1) is 9.18. The molecule has 20 heavy (non-hydrogen) atoms. The zero-order valence-corrected chi connectivity index (χ0v) is 10.7. The van der Waals surface area contributed by atoms with Crippen molar-refractivity contribution in [2.24, 2.45) is 0 Å². The molecule has 0 aliphatic rings. The van der Waals surface area contributed by atoms with Gasteiger partial charge in [-0.25, -0.2) is 4.52 Å². The number of alkyl halides is 3. The maximum Gasteiger partial charge on any atom is 0.419 e. The van der Waals surface area contributed by atoms with E-state index in [2.05, 4.69) is 15.4 Å². The molecule has 0 saturated carbocycles. The Labute approximate surface area is 115 Å². The van der Waals surface area contributed by atoms with Crippen LogP contribution in [0.1, 0.15) is 12.5 Å². The molecule has 6 nitrogen and oxygen atoms in total. The monoisotopic (exact) mass is 308 g/mol. The van der Waals surface area contributed by atoms with Crippen LogP contribution in [0.4, 0.5) is 19.1 Å². The second-order valence-corrected chi connectivity index (χ2v) is 4.38. The van der Waals surface area contributed by atoms with Gasteiger partial charge in [0.05, 0.1) is 10.6 Å². The Balaban J connectivity index is 2.42. The second kappa shape index (κ2) is 4.82. The van der Waals surface area contributed by atoms with Crippen LogP contribution < -0.4 is 5.32 Å². The number of hydrogen-bond donors (Lipinski definition) is 2. The lowest BCUT2D eigenvalue weighted by Gasteiger charge is -2.08. The number of anilines is 1. The lowest BCUT2D eigenvalue weighted by atomic mass is 10.3. The molecule has 1 atom stereocenters. The fourth-order valence-electron chi connectivity index (χ4n) is 1.43. The van der Waals surface area contributed by atoms with Gasteiger partial charge in [0.2, 0.25) is 5.95 Å². The van der Waals surface area contributed by atoms with Crippen LogP contribution in [-0.2, 0) is 11.0 Å². The molecule has 2 rings (SSSR count). The Morgan fingerprint density at radius 2 is 2.20 bits per heavy atom. The Morgan fingerprint density at radius 1 is 1.55 bits per heavy atom. The number of nitrogens with one attached hydrogen (secondary N) is 1. The normalized spacial score (nSPS) is 13.4. The topological polar surface area (TPSA) is 79.5 Å². The van der Waals surface area contributed by atoms with Crippen LogP contribution in [0.2, 0.25) is 5.02 Å². The minimum absolute atomic E-state index is 0.0723. The van der Waals surface area contributed by atoms with Gasteiger partial charge in [0.15, 0.2) is 5.65 Å². The number of aromatic nitrogens is 3. The average molecular weight is 309 g/mol. The van der Waals surface area contributed by atoms with Crippen LogP contribution in [0.3, 0.4) is 0 Å². The van der Waals surface area contributed by atoms with E-state index in [1.807, 2.05) is 0 Å². The van der Waals surface area contributed by atoms with E-state index >= 15 is 0 Å². The fourth-order valence-corrected chi connectivity index (χ4v) is 1.68. The van der Waals surface area contributed by atoms with Crippen LogP contribution in [0, 0.1) is 0 Å². The summed E-state index contributed by atoms with van der Waals surface area (Å²) in [5.74, 6) is -1.24. The largest absolute Gasteiger partial charge is 0.480 e. The van der Waals surface area contributed by atoms with E-state index < -0.39 is 28.8 Å². The summed E-state index contributed by atoms with van der Waals surface area (Å²) in [5, 5.41) is 14.4. The molecule has 2 aromatic heterocycles. The number of carboxylic acids is 1. The molecule has 108 valence electrons. The molecule has 0 radical (unpaired) electrons. The Hall–Kier alpha value is -2.03. The number of aliphatic carboxylic acids is 1. The molecule has 2 N–H and O–H groups in total. The molecule has 0 spiro atoms. The van der Waals surface area contributed by atoms with E-state index in [9.17, 15) is 18.0 Å². The highest BCUT2D eigenvalue weighted by atomic mass is 35.5. The third-order valence-corrected chi connectivity index (χ3v) is 2.76. The number of rotatable bonds is 3. The summed E-state index contributed by atoms with van der Waals surface area (Å²) < 4.78 is 38.9. The van der Waals surface area contributed by atoms with Crippen molar-refractivity contribution >= 4 is 29.2 Å². The van der Waals surface area contributed by atoms with Gasteiger partial charge >= 0.3 is 12.1 Å². The van der Waals surface area contributed by atoms with Gasteiger partial charge in [-0.05, 0) is 6.92 Å². The second-order valence-electron chi connectivity index (χ2n) is 3.98. The Morgan fingerprint density at radius 3 is 2.75 bits per heavy atom. The van der Waals surface area contributed by atoms with E-state index in [0.717, 1.165) is 10.6 Å². The van der Waals surface area contributed by atoms with Crippen LogP contribution >= 0.6 is 11.6 Å². The maximum absolute atomic E-state index is 12.7. The van der Waals surface area contributed by atoms with E-state index in [0.29, 0.717) is 6.20 Å². The van der Waals surface area contributed by atoms with E-state index in [-0.39, 0.29) is 11.6 Å². The van der Waals surface area contributed by atoms with Crippen molar-refractivity contribution in [3.8, 4) is 0 Å². The summed E-state index contributed by atoms with van der Waals surface area (Å²) in [6, 6.07) is 0.0264. The molecular formula is C10H8ClF3N4O2. The Kier molecular flexibility index (Phi) is 3.46. The van der Waals surface area contributed by atoms with Crippen molar-refractivity contribution < 1.29 is 23.1 Å². The van der Waals surface area contributed by atoms with Crippen molar-refractivity contribution in [3.63, 3.8) is 0 Å². The number of carbonyl (C=O) groups is 1. The zero-order chi connectivity index (χ0) is 15.1. The molecule has 0 aliphatic carbocycles. The van der Waals surface area contributed by atoms with Crippen molar-refractivity contribution in [2.45, 2.75) is 19.1 Å². The third kappa shape index (κ3) is 2.77. The smallest absolute Gasteiger partial charge is 0.419 e. The summed E-state index contributed by atoms with van der Waals surface area (Å²) in [6.07, 6.45) is -3.92. The van der Waals surface area contributed by atoms with Crippen molar-refractivity contribution in [1.82, 2.24) is 14.6 Å². The van der Waals surface area contributed by atoms with Crippen LogP contribution in [0.5, 0.6) is 0 Å². The summed E-state index contributed by atoms with van der Waals surface area (Å²) >= 11 is 5.54. The van der Waals surface area contributed by atoms with Gasteiger partial charge in [0.25, 0.3) is 0 Å². The van der Waals surface area contributed by atoms with Gasteiger partial charge in [-0.3, -0.25) is 4.79 Å². The van der Waals surface area contributed by atoms with Gasteiger partial charge in [-0.2, -0.15) is 18.2 Å². The van der Waals surface area contributed by atoms with Gasteiger partial charge in [0.1, 0.15) is 6.04 Å². The van der Waals surface area contributed by atoms with Crippen molar-refractivity contribution in [2.75, 3.05) is 5.32 Å². The highest BCUT2D eigenvalue weighted by Gasteiger charge is 2.34. The number of hydrogen-bond acceptors (Lipinski definition) is 4. The molecule has 0 amide bonds. The summed E-state index contributed by atoms with van der Waals surface area (Å²) in [7, 11) is 0. The molecule has 0 bridgehead atoms. The SMILES string of the molecule is C[C@H](Nc1nc2cc(Cl)c(C(F)(F)F)cn2n1)C(=O)O. The average Bonchev–Trinajstić information content (AvgIpc) is 2.67. The molecule has 10 heteroatoms. The lowest BCUT2D eigenvalue weighted by molar-refractivity contribution is -0.138. The zero-order valence-electron chi connectivity index (χ0n) is 9.94. The first-order valence-corrected chi connectivity index (χ1v) is 5.68. The molecule has 0 fully saturated rings. The third-order valence-electron chi connectivity index (χ3n) is 2.44. The molecular weight excluding hydrogens is 301 g/mol. The van der Waals surface area contributed by atoms with E-state index in [1.165, 1.54) is 6.92 Å². The van der Waals surface area contributed by atoms with Crippen LogP contribution in [-0.4, -0.2) is 31.7 Å². The number of nitrogens with zero attached hydrogens (tertiary/aromatic N) is 3. The number of carboxylic acid groups (broad SMARTS) is 1. The predicted octanol–water partition coefficient (Wildman–Crippen LogP) is 2.29. The molecule has 0 aliphatic heterocycles. The quantitative estimate of drug-likeness (QED) is 0.909. The molecule has 0 saturated heterocycles. The van der Waals surface area contributed by atoms with Crippen LogP contribution in [0.25, 0.3) is 5.65 Å². The highest BCUT2D eigenvalue weighted by molar-refractivity contribution is 6.31. The molecule has 2 aromatic rings. The number of pyridine rings is 1. The number of fused-ring (bicyclic) bond motifs is 1. The van der Waals surface area contributed by atoms with Crippen molar-refractivity contribution in [1.29, 1.82) is 0 Å². The summed E-state index contributed by atoms with van der Waals surface area (Å²) in [4.78, 5) is 14.5. The predicted molar refractivity (Wildman–Crippen MR) is 63.7 cm³/mol. The first-order valence-electron chi connectivity index (χ1n) is 5.31. The van der Waals surface area contributed by atoms with Gasteiger partial charge in [-0.1, -0.05) is 11.6 Å². The molecule has 0 unspecified atom stereocenters. The standard InChI is InChI=1S/C10H8ClF3N4O2/c1-4(8(19)20)15-9-16-7-2-6(11)5(10(12,13)14)3-18(7)17-9/h2-4H,1H3,(H,15,17)(H,19,20)/t4-/m0/s1. The Bertz CT molecular complexity index is 670. The summed E-state index contributed by atoms with van der Waals surface area (Å²) in [6.45, 7) is 1.35. The lowest BCUT2D eigenvalue weighted by Crippen LogP contribution is -2.25. The fraction of sp³-hybridized carbons (Fsp3) is 0.300. The van der Waals surface area contributed by atoms with Gasteiger partial charge in [0, 0.05) is 12.3 Å². The first kappa shape index (κ1) is 14.4. The molecule has 0 aromatic carbocycles. The van der Waals surface area contributed by atoms with E-state index in [1.54, 1.807) is 0 Å². The minimum atomic E-state index is -4.61. The molecule has 2 heterocycles. The number of halogens is 4.